The number of rotatable bonds is 5. The van der Waals surface area contributed by atoms with Gasteiger partial charge in [-0.15, -0.1) is 0 Å². The number of para-hydroxylation sites is 1. The lowest BCUT2D eigenvalue weighted by molar-refractivity contribution is -0.127. The number of hydrogen-bond donors (Lipinski definition) is 0. The molecule has 1 saturated heterocycles. The molecule has 6 heteroatoms. The maximum absolute atomic E-state index is 12.3. The molecular weight excluding hydrogens is 310 g/mol. The van der Waals surface area contributed by atoms with E-state index in [1.54, 1.807) is 6.20 Å². The van der Waals surface area contributed by atoms with E-state index in [2.05, 4.69) is 9.97 Å². The molecule has 1 atom stereocenters. The summed E-state index contributed by atoms with van der Waals surface area (Å²) >= 11 is 1.38. The highest BCUT2D eigenvalue weighted by molar-refractivity contribution is 7.99. The lowest BCUT2D eigenvalue weighted by atomic mass is 10.3. The first-order chi connectivity index (χ1) is 11.2. The van der Waals surface area contributed by atoms with Gasteiger partial charge in [0, 0.05) is 24.9 Å². The van der Waals surface area contributed by atoms with E-state index in [0.717, 1.165) is 24.4 Å². The SMILES string of the molecule is Cc1ccnc(SCC(=O)N2CC[C@H](Oc3ccccc3)C2)n1. The summed E-state index contributed by atoms with van der Waals surface area (Å²) in [5.41, 5.74) is 0.910. The highest BCUT2D eigenvalue weighted by Crippen LogP contribution is 2.20. The van der Waals surface area contributed by atoms with Crippen molar-refractivity contribution in [2.24, 2.45) is 0 Å². The second-order valence-electron chi connectivity index (χ2n) is 5.45. The number of carbonyl (C=O) groups is 1. The van der Waals surface area contributed by atoms with E-state index in [0.29, 0.717) is 17.5 Å². The molecule has 2 aromatic rings. The van der Waals surface area contributed by atoms with Crippen LogP contribution in [-0.4, -0.2) is 45.7 Å². The van der Waals surface area contributed by atoms with Gasteiger partial charge >= 0.3 is 0 Å². The van der Waals surface area contributed by atoms with Crippen molar-refractivity contribution in [1.82, 2.24) is 14.9 Å². The molecule has 23 heavy (non-hydrogen) atoms. The average Bonchev–Trinajstić information content (AvgIpc) is 3.02. The summed E-state index contributed by atoms with van der Waals surface area (Å²) in [6.45, 7) is 3.30. The van der Waals surface area contributed by atoms with Crippen LogP contribution >= 0.6 is 11.8 Å². The maximum atomic E-state index is 12.3. The second kappa shape index (κ2) is 7.46. The molecule has 1 aromatic heterocycles. The Morgan fingerprint density at radius 3 is 2.96 bits per heavy atom. The summed E-state index contributed by atoms with van der Waals surface area (Å²) in [5, 5.41) is 0.648. The van der Waals surface area contributed by atoms with Crippen molar-refractivity contribution in [3.63, 3.8) is 0 Å². The molecule has 0 saturated carbocycles. The van der Waals surface area contributed by atoms with Gasteiger partial charge in [0.05, 0.1) is 12.3 Å². The summed E-state index contributed by atoms with van der Waals surface area (Å²) in [5.74, 6) is 1.33. The van der Waals surface area contributed by atoms with Crippen LogP contribution in [0.3, 0.4) is 0 Å². The molecule has 1 aliphatic rings. The van der Waals surface area contributed by atoms with Crippen LogP contribution in [0.25, 0.3) is 0 Å². The minimum Gasteiger partial charge on any atom is -0.489 e. The summed E-state index contributed by atoms with van der Waals surface area (Å²) in [6.07, 6.45) is 2.66. The van der Waals surface area contributed by atoms with Crippen molar-refractivity contribution in [2.75, 3.05) is 18.8 Å². The number of aryl methyl sites for hydroxylation is 1. The Balaban J connectivity index is 1.47. The van der Waals surface area contributed by atoms with Crippen LogP contribution in [0.4, 0.5) is 0 Å². The lowest BCUT2D eigenvalue weighted by Gasteiger charge is -2.17. The first-order valence-corrected chi connectivity index (χ1v) is 8.61. The van der Waals surface area contributed by atoms with E-state index in [1.165, 1.54) is 11.8 Å². The Labute approximate surface area is 140 Å². The van der Waals surface area contributed by atoms with Crippen LogP contribution in [0.5, 0.6) is 5.75 Å². The number of hydrogen-bond acceptors (Lipinski definition) is 5. The fourth-order valence-electron chi connectivity index (χ4n) is 2.46. The number of carbonyl (C=O) groups excluding carboxylic acids is 1. The second-order valence-corrected chi connectivity index (χ2v) is 6.39. The number of likely N-dealkylation sites (tertiary alicyclic amines) is 1. The normalized spacial score (nSPS) is 17.3. The molecule has 1 aromatic carbocycles. The third kappa shape index (κ3) is 4.45. The monoisotopic (exact) mass is 329 g/mol. The molecule has 0 spiro atoms. The summed E-state index contributed by atoms with van der Waals surface area (Å²) < 4.78 is 5.91. The molecule has 1 amide bonds. The van der Waals surface area contributed by atoms with Crippen molar-refractivity contribution < 1.29 is 9.53 Å². The Morgan fingerprint density at radius 2 is 2.17 bits per heavy atom. The molecule has 2 heterocycles. The molecule has 1 aliphatic heterocycles. The molecule has 0 aliphatic carbocycles. The van der Waals surface area contributed by atoms with E-state index in [-0.39, 0.29) is 12.0 Å². The van der Waals surface area contributed by atoms with Crippen LogP contribution in [0.15, 0.2) is 47.8 Å². The van der Waals surface area contributed by atoms with Gasteiger partial charge in [-0.05, 0) is 25.1 Å². The number of aromatic nitrogens is 2. The Bertz CT molecular complexity index is 666. The molecule has 1 fully saturated rings. The van der Waals surface area contributed by atoms with Crippen LogP contribution in [-0.2, 0) is 4.79 Å². The Hall–Kier alpha value is -2.08. The van der Waals surface area contributed by atoms with Gasteiger partial charge in [-0.3, -0.25) is 4.79 Å². The third-order valence-corrected chi connectivity index (χ3v) is 4.49. The van der Waals surface area contributed by atoms with Gasteiger partial charge in [0.1, 0.15) is 11.9 Å². The van der Waals surface area contributed by atoms with E-state index < -0.39 is 0 Å². The predicted octanol–water partition coefficient (Wildman–Crippen LogP) is 2.56. The van der Waals surface area contributed by atoms with Crippen molar-refractivity contribution in [2.45, 2.75) is 24.6 Å². The smallest absolute Gasteiger partial charge is 0.233 e. The summed E-state index contributed by atoms with van der Waals surface area (Å²) in [4.78, 5) is 22.6. The van der Waals surface area contributed by atoms with Crippen molar-refractivity contribution in [1.29, 1.82) is 0 Å². The van der Waals surface area contributed by atoms with Gasteiger partial charge in [-0.1, -0.05) is 30.0 Å². The maximum Gasteiger partial charge on any atom is 0.233 e. The van der Waals surface area contributed by atoms with Gasteiger partial charge < -0.3 is 9.64 Å². The molecule has 0 unspecified atom stereocenters. The zero-order chi connectivity index (χ0) is 16.1. The van der Waals surface area contributed by atoms with Gasteiger partial charge in [0.2, 0.25) is 5.91 Å². The van der Waals surface area contributed by atoms with E-state index >= 15 is 0 Å². The zero-order valence-electron chi connectivity index (χ0n) is 13.0. The Morgan fingerprint density at radius 1 is 1.35 bits per heavy atom. The van der Waals surface area contributed by atoms with Crippen LogP contribution in [0.2, 0.25) is 0 Å². The van der Waals surface area contributed by atoms with Crippen molar-refractivity contribution in [3.8, 4) is 5.75 Å². The number of amides is 1. The molecular formula is C17H19N3O2S. The molecule has 0 bridgehead atoms. The molecule has 0 N–H and O–H groups in total. The van der Waals surface area contributed by atoms with E-state index in [4.69, 9.17) is 4.74 Å². The van der Waals surface area contributed by atoms with Crippen molar-refractivity contribution in [3.05, 3.63) is 48.3 Å². The topological polar surface area (TPSA) is 55.3 Å². The number of ether oxygens (including phenoxy) is 1. The largest absolute Gasteiger partial charge is 0.489 e. The van der Waals surface area contributed by atoms with Gasteiger partial charge in [-0.2, -0.15) is 0 Å². The summed E-state index contributed by atoms with van der Waals surface area (Å²) in [6, 6.07) is 11.6. The number of benzene rings is 1. The Kier molecular flexibility index (Phi) is 5.12. The highest BCUT2D eigenvalue weighted by Gasteiger charge is 2.27. The first-order valence-electron chi connectivity index (χ1n) is 7.62. The molecule has 0 radical (unpaired) electrons. The quantitative estimate of drug-likeness (QED) is 0.623. The fraction of sp³-hybridized carbons (Fsp3) is 0.353. The van der Waals surface area contributed by atoms with Crippen LogP contribution in [0.1, 0.15) is 12.1 Å². The summed E-state index contributed by atoms with van der Waals surface area (Å²) in [7, 11) is 0. The van der Waals surface area contributed by atoms with Crippen molar-refractivity contribution >= 4 is 17.7 Å². The molecule has 120 valence electrons. The minimum absolute atomic E-state index is 0.0709. The van der Waals surface area contributed by atoms with E-state index in [1.807, 2.05) is 48.2 Å². The highest BCUT2D eigenvalue weighted by atomic mass is 32.2. The van der Waals surface area contributed by atoms with Gasteiger partial charge in [-0.25, -0.2) is 9.97 Å². The minimum atomic E-state index is 0.0709. The lowest BCUT2D eigenvalue weighted by Crippen LogP contribution is -2.32. The first kappa shape index (κ1) is 15.8. The van der Waals surface area contributed by atoms with Crippen LogP contribution in [0, 0.1) is 6.92 Å². The molecule has 5 nitrogen and oxygen atoms in total. The average molecular weight is 329 g/mol. The standard InChI is InChI=1S/C17H19N3O2S/c1-13-7-9-18-17(19-13)23-12-16(21)20-10-8-15(11-20)22-14-5-3-2-4-6-14/h2-7,9,15H,8,10-12H2,1H3/t15-/m0/s1. The van der Waals surface area contributed by atoms with Gasteiger partial charge in [0.15, 0.2) is 5.16 Å². The van der Waals surface area contributed by atoms with Gasteiger partial charge in [0.25, 0.3) is 0 Å². The number of thioether (sulfide) groups is 1. The fourth-order valence-corrected chi connectivity index (χ4v) is 3.23. The molecule has 3 rings (SSSR count). The number of nitrogens with zero attached hydrogens (tertiary/aromatic N) is 3. The predicted molar refractivity (Wildman–Crippen MR) is 89.5 cm³/mol. The van der Waals surface area contributed by atoms with E-state index in [9.17, 15) is 4.79 Å². The zero-order valence-corrected chi connectivity index (χ0v) is 13.8. The third-order valence-electron chi connectivity index (χ3n) is 3.64. The van der Waals surface area contributed by atoms with Crippen LogP contribution < -0.4 is 4.74 Å².